The number of nitrogens with zero attached hydrogens (tertiary/aromatic N) is 1. The molecule has 2 nitrogen and oxygen atoms in total. The molecule has 1 aromatic heterocycles. The van der Waals surface area contributed by atoms with Crippen molar-refractivity contribution in [3.63, 3.8) is 0 Å². The minimum absolute atomic E-state index is 0.495. The van der Waals surface area contributed by atoms with Crippen LogP contribution in [0.3, 0.4) is 0 Å². The summed E-state index contributed by atoms with van der Waals surface area (Å²) in [5, 5.41) is 10.3. The highest BCUT2D eigenvalue weighted by molar-refractivity contribution is 6.31. The molecule has 0 aliphatic rings. The molecule has 0 amide bonds. The zero-order valence-electron chi connectivity index (χ0n) is 7.99. The molecule has 1 unspecified atom stereocenters. The van der Waals surface area contributed by atoms with Crippen LogP contribution in [0.5, 0.6) is 0 Å². The third-order valence-corrected chi connectivity index (χ3v) is 2.36. The average molecular weight is 212 g/mol. The molecule has 76 valence electrons. The highest BCUT2D eigenvalue weighted by Crippen LogP contribution is 2.25. The third kappa shape index (κ3) is 3.13. The Bertz CT molecular complexity index is 301. The maximum atomic E-state index is 9.78. The Morgan fingerprint density at radius 3 is 3.07 bits per heavy atom. The Morgan fingerprint density at radius 2 is 2.43 bits per heavy atom. The number of aliphatic hydroxyl groups excluding tert-OH is 1. The number of hydrogen-bond acceptors (Lipinski definition) is 2. The SMILES string of the molecule is C=CCCCC(O)c1ccncc1Cl. The molecule has 0 saturated carbocycles. The molecule has 1 atom stereocenters. The van der Waals surface area contributed by atoms with Crippen molar-refractivity contribution in [1.29, 1.82) is 0 Å². The lowest BCUT2D eigenvalue weighted by Crippen LogP contribution is -1.98. The van der Waals surface area contributed by atoms with Crippen LogP contribution in [-0.2, 0) is 0 Å². The van der Waals surface area contributed by atoms with Crippen LogP contribution in [0.15, 0.2) is 31.1 Å². The Labute approximate surface area is 89.2 Å². The Balaban J connectivity index is 2.55. The minimum Gasteiger partial charge on any atom is -0.388 e. The van der Waals surface area contributed by atoms with Crippen molar-refractivity contribution in [2.45, 2.75) is 25.4 Å². The molecule has 0 bridgehead atoms. The summed E-state index contributed by atoms with van der Waals surface area (Å²) in [5.74, 6) is 0. The third-order valence-electron chi connectivity index (χ3n) is 2.05. The molecule has 0 aliphatic heterocycles. The van der Waals surface area contributed by atoms with Crippen molar-refractivity contribution < 1.29 is 5.11 Å². The summed E-state index contributed by atoms with van der Waals surface area (Å²) in [4.78, 5) is 3.86. The Kier molecular flexibility index (Phi) is 4.63. The lowest BCUT2D eigenvalue weighted by Gasteiger charge is -2.11. The van der Waals surface area contributed by atoms with Gasteiger partial charge in [0.1, 0.15) is 0 Å². The van der Waals surface area contributed by atoms with E-state index < -0.39 is 6.10 Å². The van der Waals surface area contributed by atoms with Crippen LogP contribution in [0.25, 0.3) is 0 Å². The number of allylic oxidation sites excluding steroid dienone is 1. The monoisotopic (exact) mass is 211 g/mol. The van der Waals surface area contributed by atoms with Gasteiger partial charge in [0.25, 0.3) is 0 Å². The molecule has 0 fully saturated rings. The maximum Gasteiger partial charge on any atom is 0.0805 e. The van der Waals surface area contributed by atoms with E-state index in [1.165, 1.54) is 0 Å². The van der Waals surface area contributed by atoms with Gasteiger partial charge in [0.05, 0.1) is 11.1 Å². The molecule has 1 N–H and O–H groups in total. The number of halogens is 1. The fourth-order valence-corrected chi connectivity index (χ4v) is 1.51. The molecule has 0 spiro atoms. The number of rotatable bonds is 5. The maximum absolute atomic E-state index is 9.78. The molecular weight excluding hydrogens is 198 g/mol. The van der Waals surface area contributed by atoms with E-state index in [0.29, 0.717) is 11.4 Å². The van der Waals surface area contributed by atoms with Crippen molar-refractivity contribution in [3.8, 4) is 0 Å². The van der Waals surface area contributed by atoms with Crippen LogP contribution in [0.4, 0.5) is 0 Å². The Morgan fingerprint density at radius 1 is 1.64 bits per heavy atom. The van der Waals surface area contributed by atoms with E-state index in [0.717, 1.165) is 18.4 Å². The smallest absolute Gasteiger partial charge is 0.0805 e. The highest BCUT2D eigenvalue weighted by atomic mass is 35.5. The van der Waals surface area contributed by atoms with Crippen molar-refractivity contribution in [3.05, 3.63) is 41.7 Å². The number of hydrogen-bond donors (Lipinski definition) is 1. The van der Waals surface area contributed by atoms with Gasteiger partial charge in [0.2, 0.25) is 0 Å². The van der Waals surface area contributed by atoms with Gasteiger partial charge in [-0.3, -0.25) is 4.98 Å². The van der Waals surface area contributed by atoms with Gasteiger partial charge >= 0.3 is 0 Å². The molecule has 0 aromatic carbocycles. The summed E-state index contributed by atoms with van der Waals surface area (Å²) < 4.78 is 0. The topological polar surface area (TPSA) is 33.1 Å². The second-order valence-electron chi connectivity index (χ2n) is 3.13. The van der Waals surface area contributed by atoms with Gasteiger partial charge in [-0.2, -0.15) is 0 Å². The molecule has 1 aromatic rings. The predicted molar refractivity (Wildman–Crippen MR) is 58.3 cm³/mol. The van der Waals surface area contributed by atoms with E-state index in [2.05, 4.69) is 11.6 Å². The normalized spacial score (nSPS) is 12.4. The van der Waals surface area contributed by atoms with Gasteiger partial charge in [-0.1, -0.05) is 17.7 Å². The molecule has 14 heavy (non-hydrogen) atoms. The summed E-state index contributed by atoms with van der Waals surface area (Å²) in [6.45, 7) is 3.63. The van der Waals surface area contributed by atoms with Crippen LogP contribution < -0.4 is 0 Å². The second-order valence-corrected chi connectivity index (χ2v) is 3.54. The zero-order chi connectivity index (χ0) is 10.4. The van der Waals surface area contributed by atoms with E-state index in [4.69, 9.17) is 11.6 Å². The number of unbranched alkanes of at least 4 members (excludes halogenated alkanes) is 1. The van der Waals surface area contributed by atoms with Crippen LogP contribution in [0, 0.1) is 0 Å². The summed E-state index contributed by atoms with van der Waals surface area (Å²) in [6.07, 6.45) is 7.08. The first-order valence-corrected chi connectivity index (χ1v) is 5.02. The van der Waals surface area contributed by atoms with Crippen LogP contribution in [0.1, 0.15) is 30.9 Å². The fourth-order valence-electron chi connectivity index (χ4n) is 1.27. The number of pyridine rings is 1. The van der Waals surface area contributed by atoms with E-state index in [9.17, 15) is 5.11 Å². The molecule has 0 radical (unpaired) electrons. The first-order valence-electron chi connectivity index (χ1n) is 4.64. The lowest BCUT2D eigenvalue weighted by atomic mass is 10.1. The fraction of sp³-hybridized carbons (Fsp3) is 0.364. The largest absolute Gasteiger partial charge is 0.388 e. The predicted octanol–water partition coefficient (Wildman–Crippen LogP) is 3.12. The summed E-state index contributed by atoms with van der Waals surface area (Å²) in [6, 6.07) is 1.75. The molecule has 3 heteroatoms. The lowest BCUT2D eigenvalue weighted by molar-refractivity contribution is 0.165. The van der Waals surface area contributed by atoms with E-state index >= 15 is 0 Å². The molecule has 0 saturated heterocycles. The van der Waals surface area contributed by atoms with Gasteiger partial charge in [-0.05, 0) is 25.3 Å². The van der Waals surface area contributed by atoms with E-state index in [-0.39, 0.29) is 0 Å². The number of aromatic nitrogens is 1. The number of aliphatic hydroxyl groups is 1. The van der Waals surface area contributed by atoms with Gasteiger partial charge in [0, 0.05) is 18.0 Å². The quantitative estimate of drug-likeness (QED) is 0.600. The van der Waals surface area contributed by atoms with Crippen molar-refractivity contribution in [2.24, 2.45) is 0 Å². The Hall–Kier alpha value is -0.860. The first kappa shape index (κ1) is 11.2. The molecule has 0 aliphatic carbocycles. The van der Waals surface area contributed by atoms with Crippen LogP contribution >= 0.6 is 11.6 Å². The van der Waals surface area contributed by atoms with Crippen LogP contribution in [0.2, 0.25) is 5.02 Å². The summed E-state index contributed by atoms with van der Waals surface area (Å²) in [5.41, 5.74) is 0.755. The molecule has 1 rings (SSSR count). The van der Waals surface area contributed by atoms with Crippen molar-refractivity contribution in [1.82, 2.24) is 4.98 Å². The van der Waals surface area contributed by atoms with Gasteiger partial charge in [0.15, 0.2) is 0 Å². The van der Waals surface area contributed by atoms with E-state index in [1.54, 1.807) is 18.5 Å². The summed E-state index contributed by atoms with van der Waals surface area (Å²) >= 11 is 5.89. The molecule has 1 heterocycles. The van der Waals surface area contributed by atoms with Crippen molar-refractivity contribution >= 4 is 11.6 Å². The zero-order valence-corrected chi connectivity index (χ0v) is 8.74. The average Bonchev–Trinajstić information content (AvgIpc) is 2.18. The second kappa shape index (κ2) is 5.78. The van der Waals surface area contributed by atoms with Gasteiger partial charge in [-0.15, -0.1) is 6.58 Å². The van der Waals surface area contributed by atoms with Crippen LogP contribution in [-0.4, -0.2) is 10.1 Å². The van der Waals surface area contributed by atoms with E-state index in [1.807, 2.05) is 6.08 Å². The van der Waals surface area contributed by atoms with Crippen molar-refractivity contribution in [2.75, 3.05) is 0 Å². The summed E-state index contributed by atoms with van der Waals surface area (Å²) in [7, 11) is 0. The van der Waals surface area contributed by atoms with Gasteiger partial charge in [-0.25, -0.2) is 0 Å². The van der Waals surface area contributed by atoms with Gasteiger partial charge < -0.3 is 5.11 Å². The minimum atomic E-state index is -0.495. The first-order chi connectivity index (χ1) is 6.75. The molecular formula is C11H14ClNO. The standard InChI is InChI=1S/C11H14ClNO/c1-2-3-4-5-11(14)9-6-7-13-8-10(9)12/h2,6-8,11,14H,1,3-5H2. The highest BCUT2D eigenvalue weighted by Gasteiger charge is 2.10.